The summed E-state index contributed by atoms with van der Waals surface area (Å²) in [5.41, 5.74) is 5.30. The predicted octanol–water partition coefficient (Wildman–Crippen LogP) is 3.24. The topological polar surface area (TPSA) is 95.2 Å². The van der Waals surface area contributed by atoms with Crippen molar-refractivity contribution in [2.75, 3.05) is 60.1 Å². The van der Waals surface area contributed by atoms with Gasteiger partial charge in [-0.1, -0.05) is 6.07 Å². The van der Waals surface area contributed by atoms with E-state index in [0.29, 0.717) is 17.9 Å². The van der Waals surface area contributed by atoms with Gasteiger partial charge in [0, 0.05) is 66.8 Å². The minimum Gasteiger partial charge on any atom is -0.491 e. The second-order valence-corrected chi connectivity index (χ2v) is 9.24. The molecule has 0 atom stereocenters. The van der Waals surface area contributed by atoms with Crippen LogP contribution in [0.25, 0.3) is 33.3 Å². The Morgan fingerprint density at radius 3 is 2.78 bits per heavy atom. The van der Waals surface area contributed by atoms with Crippen LogP contribution in [0.1, 0.15) is 5.56 Å². The van der Waals surface area contributed by atoms with E-state index in [1.165, 1.54) is 0 Å². The van der Waals surface area contributed by atoms with Crippen molar-refractivity contribution in [3.8, 4) is 34.1 Å². The van der Waals surface area contributed by atoms with E-state index in [9.17, 15) is 5.26 Å². The number of hydrogen-bond donors (Lipinski definition) is 1. The number of fused-ring (bicyclic) bond motifs is 1. The van der Waals surface area contributed by atoms with Crippen LogP contribution in [0.3, 0.4) is 0 Å². The molecular formula is C27H31N7O2. The smallest absolute Gasteiger partial charge is 0.137 e. The molecule has 4 aromatic rings. The maximum Gasteiger partial charge on any atom is 0.137 e. The van der Waals surface area contributed by atoms with Gasteiger partial charge in [-0.15, -0.1) is 0 Å². The molecule has 186 valence electrons. The van der Waals surface area contributed by atoms with Gasteiger partial charge in [0.15, 0.2) is 0 Å². The lowest BCUT2D eigenvalue weighted by Gasteiger charge is -2.26. The van der Waals surface area contributed by atoms with Crippen LogP contribution >= 0.6 is 0 Å². The molecular weight excluding hydrogens is 454 g/mol. The number of hydrogen-bond acceptors (Lipinski definition) is 7. The highest BCUT2D eigenvalue weighted by molar-refractivity contribution is 5.96. The Hall–Kier alpha value is -3.71. The monoisotopic (exact) mass is 485 g/mol. The van der Waals surface area contributed by atoms with Crippen molar-refractivity contribution in [2.45, 2.75) is 6.54 Å². The molecule has 1 N–H and O–H groups in total. The van der Waals surface area contributed by atoms with Crippen LogP contribution < -0.4 is 4.74 Å². The van der Waals surface area contributed by atoms with E-state index in [-0.39, 0.29) is 0 Å². The van der Waals surface area contributed by atoms with Crippen LogP contribution in [-0.2, 0) is 11.3 Å². The molecule has 0 radical (unpaired) electrons. The fraction of sp³-hybridized carbons (Fsp3) is 0.370. The van der Waals surface area contributed by atoms with Crippen LogP contribution in [0.15, 0.2) is 49.1 Å². The highest BCUT2D eigenvalue weighted by Gasteiger charge is 2.14. The number of aromatic nitrogens is 4. The summed E-state index contributed by atoms with van der Waals surface area (Å²) in [6, 6.07) is 10.1. The number of benzene rings is 1. The fourth-order valence-corrected chi connectivity index (χ4v) is 4.35. The Morgan fingerprint density at radius 1 is 1.11 bits per heavy atom. The summed E-state index contributed by atoms with van der Waals surface area (Å²) in [6.45, 7) is 6.66. The van der Waals surface area contributed by atoms with E-state index < -0.39 is 0 Å². The average Bonchev–Trinajstić information content (AvgIpc) is 3.55. The van der Waals surface area contributed by atoms with Gasteiger partial charge in [-0.05, 0) is 37.9 Å². The van der Waals surface area contributed by atoms with Gasteiger partial charge in [0.05, 0.1) is 31.5 Å². The maximum absolute atomic E-state index is 9.71. The van der Waals surface area contributed by atoms with Gasteiger partial charge < -0.3 is 19.4 Å². The molecule has 9 nitrogen and oxygen atoms in total. The van der Waals surface area contributed by atoms with Crippen LogP contribution in [0.4, 0.5) is 0 Å². The van der Waals surface area contributed by atoms with Gasteiger partial charge >= 0.3 is 0 Å². The normalized spacial score (nSPS) is 14.4. The lowest BCUT2D eigenvalue weighted by atomic mass is 10.0. The van der Waals surface area contributed by atoms with Crippen LogP contribution in [-0.4, -0.2) is 89.6 Å². The van der Waals surface area contributed by atoms with Crippen molar-refractivity contribution in [1.82, 2.24) is 29.5 Å². The minimum absolute atomic E-state index is 0.520. The Balaban J connectivity index is 1.35. The van der Waals surface area contributed by atoms with E-state index in [0.717, 1.165) is 79.2 Å². The average molecular weight is 486 g/mol. The van der Waals surface area contributed by atoms with Crippen molar-refractivity contribution in [2.24, 2.45) is 0 Å². The van der Waals surface area contributed by atoms with E-state index in [1.54, 1.807) is 0 Å². The van der Waals surface area contributed by atoms with Crippen molar-refractivity contribution in [1.29, 1.82) is 5.26 Å². The second kappa shape index (κ2) is 10.9. The first kappa shape index (κ1) is 24.0. The molecule has 1 saturated heterocycles. The number of H-pyrrole nitrogens is 1. The van der Waals surface area contributed by atoms with Crippen molar-refractivity contribution in [3.05, 3.63) is 54.6 Å². The van der Waals surface area contributed by atoms with Crippen molar-refractivity contribution >= 4 is 11.0 Å². The van der Waals surface area contributed by atoms with E-state index >= 15 is 0 Å². The summed E-state index contributed by atoms with van der Waals surface area (Å²) in [6.07, 6.45) is 7.77. The van der Waals surface area contributed by atoms with Crippen LogP contribution in [0.2, 0.25) is 0 Å². The zero-order chi connectivity index (χ0) is 24.9. The zero-order valence-corrected chi connectivity index (χ0v) is 20.8. The molecule has 5 rings (SSSR count). The molecule has 0 bridgehead atoms. The molecule has 3 aromatic heterocycles. The van der Waals surface area contributed by atoms with E-state index in [2.05, 4.69) is 38.3 Å². The molecule has 0 aliphatic carbocycles. The van der Waals surface area contributed by atoms with Crippen LogP contribution in [0, 0.1) is 11.3 Å². The lowest BCUT2D eigenvalue weighted by Crippen LogP contribution is -2.38. The molecule has 1 aliphatic heterocycles. The summed E-state index contributed by atoms with van der Waals surface area (Å²) < 4.78 is 13.2. The third kappa shape index (κ3) is 5.41. The number of likely N-dealkylation sites (N-methyl/N-ethyl adjacent to an activating group) is 1. The number of ether oxygens (including phenoxy) is 2. The molecule has 4 heterocycles. The minimum atomic E-state index is 0.520. The van der Waals surface area contributed by atoms with Gasteiger partial charge in [-0.3, -0.25) is 9.58 Å². The number of nitrogens with zero attached hydrogens (tertiary/aromatic N) is 6. The van der Waals surface area contributed by atoms with Gasteiger partial charge in [0.1, 0.15) is 24.1 Å². The van der Waals surface area contributed by atoms with E-state index in [1.807, 2.05) is 60.5 Å². The number of morpholine rings is 1. The number of rotatable bonds is 9. The molecule has 36 heavy (non-hydrogen) atoms. The Kier molecular flexibility index (Phi) is 7.28. The summed E-state index contributed by atoms with van der Waals surface area (Å²) >= 11 is 0. The maximum atomic E-state index is 9.71. The molecule has 1 aromatic carbocycles. The third-order valence-electron chi connectivity index (χ3n) is 6.45. The SMILES string of the molecule is CN(C)CCOc1ccc(-c2c[nH]c3ncc(-c4cnn(CCN5CCOCC5)c4)cc23)cc1C#N. The van der Waals surface area contributed by atoms with Crippen molar-refractivity contribution in [3.63, 3.8) is 0 Å². The first-order chi connectivity index (χ1) is 17.6. The van der Waals surface area contributed by atoms with E-state index in [4.69, 9.17) is 9.47 Å². The molecule has 1 fully saturated rings. The largest absolute Gasteiger partial charge is 0.491 e. The number of nitriles is 1. The predicted molar refractivity (Wildman–Crippen MR) is 139 cm³/mol. The summed E-state index contributed by atoms with van der Waals surface area (Å²) in [7, 11) is 3.99. The Bertz CT molecular complexity index is 1360. The molecule has 9 heteroatoms. The number of nitrogens with one attached hydrogen (secondary N) is 1. The molecule has 0 amide bonds. The second-order valence-electron chi connectivity index (χ2n) is 9.24. The number of aromatic amines is 1. The molecule has 0 spiro atoms. The van der Waals surface area contributed by atoms with Gasteiger partial charge in [-0.25, -0.2) is 4.98 Å². The third-order valence-corrected chi connectivity index (χ3v) is 6.45. The highest BCUT2D eigenvalue weighted by atomic mass is 16.5. The lowest BCUT2D eigenvalue weighted by molar-refractivity contribution is 0.0360. The van der Waals surface area contributed by atoms with Gasteiger partial charge in [-0.2, -0.15) is 10.4 Å². The van der Waals surface area contributed by atoms with Gasteiger partial charge in [0.2, 0.25) is 0 Å². The first-order valence-corrected chi connectivity index (χ1v) is 12.2. The summed E-state index contributed by atoms with van der Waals surface area (Å²) in [5, 5.41) is 15.3. The van der Waals surface area contributed by atoms with Crippen LogP contribution in [0.5, 0.6) is 5.75 Å². The Morgan fingerprint density at radius 2 is 1.97 bits per heavy atom. The quantitative estimate of drug-likeness (QED) is 0.389. The first-order valence-electron chi connectivity index (χ1n) is 12.2. The van der Waals surface area contributed by atoms with Gasteiger partial charge in [0.25, 0.3) is 0 Å². The summed E-state index contributed by atoms with van der Waals surface area (Å²) in [5.74, 6) is 0.603. The molecule has 0 saturated carbocycles. The van der Waals surface area contributed by atoms with Crippen molar-refractivity contribution < 1.29 is 9.47 Å². The standard InChI is InChI=1S/C27H31N7O2/c1-32(2)7-12-36-26-4-3-20(13-21(26)15-28)25-18-30-27-24(25)14-22(16-29-27)23-17-31-34(19-23)6-5-33-8-10-35-11-9-33/h3-4,13-14,16-19H,5-12H2,1-2H3,(H,29,30). The molecule has 0 unspecified atom stereocenters. The summed E-state index contributed by atoms with van der Waals surface area (Å²) in [4.78, 5) is 12.3. The Labute approximate surface area is 210 Å². The highest BCUT2D eigenvalue weighted by Crippen LogP contribution is 2.33. The fourth-order valence-electron chi connectivity index (χ4n) is 4.35. The number of pyridine rings is 1. The zero-order valence-electron chi connectivity index (χ0n) is 20.8. The molecule has 1 aliphatic rings.